The third-order valence-electron chi connectivity index (χ3n) is 2.88. The SMILES string of the molecule is CCCC(C)(C)c1c(C)cncc1C. The summed E-state index contributed by atoms with van der Waals surface area (Å²) < 4.78 is 0. The van der Waals surface area contributed by atoms with Crippen LogP contribution in [0.2, 0.25) is 0 Å². The molecule has 0 saturated carbocycles. The molecule has 78 valence electrons. The Morgan fingerprint density at radius 2 is 1.64 bits per heavy atom. The quantitative estimate of drug-likeness (QED) is 0.708. The van der Waals surface area contributed by atoms with Gasteiger partial charge in [-0.15, -0.1) is 0 Å². The van der Waals surface area contributed by atoms with Crippen LogP contribution in [0, 0.1) is 13.8 Å². The smallest absolute Gasteiger partial charge is 0.0300 e. The van der Waals surface area contributed by atoms with Crippen molar-refractivity contribution in [3.8, 4) is 0 Å². The molecule has 0 aliphatic carbocycles. The highest BCUT2D eigenvalue weighted by Crippen LogP contribution is 2.32. The van der Waals surface area contributed by atoms with Gasteiger partial charge < -0.3 is 0 Å². The minimum absolute atomic E-state index is 0.284. The van der Waals surface area contributed by atoms with E-state index in [1.165, 1.54) is 29.5 Å². The predicted molar refractivity (Wildman–Crippen MR) is 61.6 cm³/mol. The molecule has 1 heteroatoms. The van der Waals surface area contributed by atoms with Gasteiger partial charge in [0.05, 0.1) is 0 Å². The summed E-state index contributed by atoms with van der Waals surface area (Å²) in [6.45, 7) is 11.2. The van der Waals surface area contributed by atoms with E-state index in [2.05, 4.69) is 39.6 Å². The first-order valence-corrected chi connectivity index (χ1v) is 5.40. The topological polar surface area (TPSA) is 12.9 Å². The van der Waals surface area contributed by atoms with Gasteiger partial charge in [0.2, 0.25) is 0 Å². The molecule has 14 heavy (non-hydrogen) atoms. The Bertz CT molecular complexity index is 293. The molecule has 1 aromatic rings. The van der Waals surface area contributed by atoms with Crippen molar-refractivity contribution in [3.05, 3.63) is 29.1 Å². The first-order valence-electron chi connectivity index (χ1n) is 5.40. The van der Waals surface area contributed by atoms with Gasteiger partial charge in [0, 0.05) is 12.4 Å². The van der Waals surface area contributed by atoms with Gasteiger partial charge in [-0.3, -0.25) is 4.98 Å². The van der Waals surface area contributed by atoms with Crippen LogP contribution in [0.15, 0.2) is 12.4 Å². The van der Waals surface area contributed by atoms with Crippen molar-refractivity contribution in [2.75, 3.05) is 0 Å². The normalized spacial score (nSPS) is 11.8. The number of nitrogens with zero attached hydrogens (tertiary/aromatic N) is 1. The maximum Gasteiger partial charge on any atom is 0.0300 e. The molecule has 1 rings (SSSR count). The Kier molecular flexibility index (Phi) is 3.30. The van der Waals surface area contributed by atoms with Crippen molar-refractivity contribution in [2.45, 2.75) is 52.9 Å². The fourth-order valence-electron chi connectivity index (χ4n) is 2.52. The molecular weight excluding hydrogens is 170 g/mol. The largest absolute Gasteiger partial charge is 0.264 e. The molecule has 1 aromatic heterocycles. The van der Waals surface area contributed by atoms with Gasteiger partial charge in [-0.25, -0.2) is 0 Å². The summed E-state index contributed by atoms with van der Waals surface area (Å²) in [6.07, 6.45) is 6.41. The first kappa shape index (κ1) is 11.2. The molecule has 0 amide bonds. The molecule has 0 atom stereocenters. The number of hydrogen-bond acceptors (Lipinski definition) is 1. The number of aryl methyl sites for hydroxylation is 2. The van der Waals surface area contributed by atoms with Crippen LogP contribution < -0.4 is 0 Å². The van der Waals surface area contributed by atoms with Gasteiger partial charge >= 0.3 is 0 Å². The number of aromatic nitrogens is 1. The maximum atomic E-state index is 4.22. The van der Waals surface area contributed by atoms with Gasteiger partial charge in [0.25, 0.3) is 0 Å². The van der Waals surface area contributed by atoms with E-state index >= 15 is 0 Å². The zero-order chi connectivity index (χ0) is 10.8. The third kappa shape index (κ3) is 2.14. The lowest BCUT2D eigenvalue weighted by Crippen LogP contribution is -2.20. The van der Waals surface area contributed by atoms with Crippen molar-refractivity contribution in [3.63, 3.8) is 0 Å². The molecule has 0 aliphatic heterocycles. The lowest BCUT2D eigenvalue weighted by atomic mass is 9.77. The second-order valence-corrected chi connectivity index (χ2v) is 4.78. The molecule has 0 spiro atoms. The summed E-state index contributed by atoms with van der Waals surface area (Å²) in [5.41, 5.74) is 4.41. The third-order valence-corrected chi connectivity index (χ3v) is 2.88. The van der Waals surface area contributed by atoms with Crippen LogP contribution in [0.25, 0.3) is 0 Å². The van der Waals surface area contributed by atoms with Crippen molar-refractivity contribution < 1.29 is 0 Å². The summed E-state index contributed by atoms with van der Waals surface area (Å²) in [5.74, 6) is 0. The first-order chi connectivity index (χ1) is 6.49. The Morgan fingerprint density at radius 3 is 2.07 bits per heavy atom. The van der Waals surface area contributed by atoms with E-state index in [-0.39, 0.29) is 5.41 Å². The van der Waals surface area contributed by atoms with Crippen molar-refractivity contribution in [1.29, 1.82) is 0 Å². The molecular formula is C13H21N. The maximum absolute atomic E-state index is 4.22. The second-order valence-electron chi connectivity index (χ2n) is 4.78. The van der Waals surface area contributed by atoms with Gasteiger partial charge in [-0.05, 0) is 42.4 Å². The Labute approximate surface area is 87.6 Å². The predicted octanol–water partition coefficient (Wildman–Crippen LogP) is 3.78. The fraction of sp³-hybridized carbons (Fsp3) is 0.615. The molecule has 1 nitrogen and oxygen atoms in total. The number of rotatable bonds is 3. The van der Waals surface area contributed by atoms with Crippen molar-refractivity contribution in [1.82, 2.24) is 4.98 Å². The highest BCUT2D eigenvalue weighted by atomic mass is 14.6. The molecule has 0 aliphatic rings. The molecule has 0 fully saturated rings. The summed E-state index contributed by atoms with van der Waals surface area (Å²) in [5, 5.41) is 0. The lowest BCUT2D eigenvalue weighted by Gasteiger charge is -2.28. The average Bonchev–Trinajstić information content (AvgIpc) is 2.02. The number of pyridine rings is 1. The van der Waals surface area contributed by atoms with E-state index < -0.39 is 0 Å². The summed E-state index contributed by atoms with van der Waals surface area (Å²) in [6, 6.07) is 0. The molecule has 0 saturated heterocycles. The zero-order valence-electron chi connectivity index (χ0n) is 10.0. The fourth-order valence-corrected chi connectivity index (χ4v) is 2.52. The van der Waals surface area contributed by atoms with Crippen molar-refractivity contribution >= 4 is 0 Å². The van der Waals surface area contributed by atoms with E-state index in [1.54, 1.807) is 0 Å². The van der Waals surface area contributed by atoms with E-state index in [4.69, 9.17) is 0 Å². The van der Waals surface area contributed by atoms with E-state index in [0.717, 1.165) is 0 Å². The highest BCUT2D eigenvalue weighted by molar-refractivity contribution is 5.36. The average molecular weight is 191 g/mol. The van der Waals surface area contributed by atoms with E-state index in [9.17, 15) is 0 Å². The molecule has 0 radical (unpaired) electrons. The zero-order valence-corrected chi connectivity index (χ0v) is 10.0. The monoisotopic (exact) mass is 191 g/mol. The van der Waals surface area contributed by atoms with Crippen LogP contribution in [0.3, 0.4) is 0 Å². The molecule has 0 aromatic carbocycles. The Hall–Kier alpha value is -0.850. The minimum atomic E-state index is 0.284. The number of hydrogen-bond donors (Lipinski definition) is 0. The van der Waals surface area contributed by atoms with Gasteiger partial charge in [0.1, 0.15) is 0 Å². The summed E-state index contributed by atoms with van der Waals surface area (Å²) in [4.78, 5) is 4.22. The van der Waals surface area contributed by atoms with Gasteiger partial charge in [0.15, 0.2) is 0 Å². The minimum Gasteiger partial charge on any atom is -0.264 e. The van der Waals surface area contributed by atoms with Crippen molar-refractivity contribution in [2.24, 2.45) is 0 Å². The highest BCUT2D eigenvalue weighted by Gasteiger charge is 2.23. The van der Waals surface area contributed by atoms with Crippen LogP contribution >= 0.6 is 0 Å². The van der Waals surface area contributed by atoms with Crippen LogP contribution in [0.1, 0.15) is 50.3 Å². The van der Waals surface area contributed by atoms with E-state index in [0.29, 0.717) is 0 Å². The summed E-state index contributed by atoms with van der Waals surface area (Å²) in [7, 11) is 0. The van der Waals surface area contributed by atoms with Gasteiger partial charge in [-0.2, -0.15) is 0 Å². The van der Waals surface area contributed by atoms with E-state index in [1.807, 2.05) is 12.4 Å². The van der Waals surface area contributed by atoms with Gasteiger partial charge in [-0.1, -0.05) is 27.2 Å². The summed E-state index contributed by atoms with van der Waals surface area (Å²) >= 11 is 0. The standard InChI is InChI=1S/C13H21N/c1-6-7-13(4,5)12-10(2)8-14-9-11(12)3/h8-9H,6-7H2,1-5H3. The molecule has 0 bridgehead atoms. The molecule has 1 heterocycles. The second kappa shape index (κ2) is 4.12. The Morgan fingerprint density at radius 1 is 1.14 bits per heavy atom. The van der Waals surface area contributed by atoms with Crippen LogP contribution in [-0.4, -0.2) is 4.98 Å². The van der Waals surface area contributed by atoms with Crippen LogP contribution in [0.5, 0.6) is 0 Å². The van der Waals surface area contributed by atoms with Crippen LogP contribution in [0.4, 0.5) is 0 Å². The molecule has 0 N–H and O–H groups in total. The van der Waals surface area contributed by atoms with Crippen LogP contribution in [-0.2, 0) is 5.41 Å². The molecule has 0 unspecified atom stereocenters. The Balaban J connectivity index is 3.17. The lowest BCUT2D eigenvalue weighted by molar-refractivity contribution is 0.467.